The molecule has 3 aromatic heterocycles. The minimum absolute atomic E-state index is 0.673. The molecular weight excluding hydrogens is 464 g/mol. The maximum atomic E-state index is 4.81. The molecule has 0 aliphatic heterocycles. The molecule has 4 nitrogen and oxygen atoms in total. The van der Waals surface area contributed by atoms with E-state index < -0.39 is 0 Å². The van der Waals surface area contributed by atoms with Crippen LogP contribution < -0.4 is 0 Å². The van der Waals surface area contributed by atoms with Gasteiger partial charge in [0.1, 0.15) is 0 Å². The molecule has 0 spiro atoms. The zero-order valence-electron chi connectivity index (χ0n) is 20.5. The molecule has 8 aromatic rings. The maximum absolute atomic E-state index is 4.81. The number of para-hydroxylation sites is 2. The summed E-state index contributed by atoms with van der Waals surface area (Å²) in [5.74, 6) is 0.673. The van der Waals surface area contributed by atoms with Gasteiger partial charge in [-0.2, -0.15) is 0 Å². The quantitative estimate of drug-likeness (QED) is 0.252. The van der Waals surface area contributed by atoms with Crippen LogP contribution in [-0.4, -0.2) is 19.1 Å². The molecule has 3 heterocycles. The SMILES string of the molecule is c1ccc(-c2cnc(-n3c4ccccc4c4c5ccc6c(ccn6-c6ccccc6)c5ccc43)nc2)cc1. The predicted octanol–water partition coefficient (Wildman–Crippen LogP) is 8.34. The fourth-order valence-electron chi connectivity index (χ4n) is 5.75. The third-order valence-electron chi connectivity index (χ3n) is 7.48. The van der Waals surface area contributed by atoms with Crippen molar-refractivity contribution in [1.82, 2.24) is 19.1 Å². The van der Waals surface area contributed by atoms with Gasteiger partial charge in [-0.3, -0.25) is 4.57 Å². The summed E-state index contributed by atoms with van der Waals surface area (Å²) in [6.07, 6.45) is 5.99. The van der Waals surface area contributed by atoms with Crippen LogP contribution in [0.15, 0.2) is 134 Å². The summed E-state index contributed by atoms with van der Waals surface area (Å²) < 4.78 is 4.43. The molecule has 0 unspecified atom stereocenters. The van der Waals surface area contributed by atoms with E-state index in [-0.39, 0.29) is 0 Å². The Morgan fingerprint density at radius 2 is 1.13 bits per heavy atom. The number of hydrogen-bond acceptors (Lipinski definition) is 2. The van der Waals surface area contributed by atoms with Crippen molar-refractivity contribution in [2.45, 2.75) is 0 Å². The van der Waals surface area contributed by atoms with Crippen LogP contribution in [0.4, 0.5) is 0 Å². The summed E-state index contributed by atoms with van der Waals surface area (Å²) in [5.41, 5.74) is 6.68. The average molecular weight is 487 g/mol. The molecule has 0 amide bonds. The number of nitrogens with zero attached hydrogens (tertiary/aromatic N) is 4. The zero-order valence-corrected chi connectivity index (χ0v) is 20.5. The van der Waals surface area contributed by atoms with Gasteiger partial charge in [0, 0.05) is 46.0 Å². The maximum Gasteiger partial charge on any atom is 0.234 e. The van der Waals surface area contributed by atoms with Crippen LogP contribution in [0.5, 0.6) is 0 Å². The topological polar surface area (TPSA) is 35.6 Å². The number of hydrogen-bond donors (Lipinski definition) is 0. The molecule has 0 bridgehead atoms. The van der Waals surface area contributed by atoms with Gasteiger partial charge >= 0.3 is 0 Å². The van der Waals surface area contributed by atoms with E-state index in [2.05, 4.69) is 112 Å². The second-order valence-electron chi connectivity index (χ2n) is 9.56. The van der Waals surface area contributed by atoms with Crippen molar-refractivity contribution in [1.29, 1.82) is 0 Å². The molecule has 0 aliphatic rings. The molecule has 0 atom stereocenters. The second kappa shape index (κ2) is 8.15. The van der Waals surface area contributed by atoms with Gasteiger partial charge in [0.05, 0.1) is 16.6 Å². The summed E-state index contributed by atoms with van der Waals surface area (Å²) in [6.45, 7) is 0. The molecule has 8 rings (SSSR count). The Morgan fingerprint density at radius 3 is 1.95 bits per heavy atom. The van der Waals surface area contributed by atoms with Crippen LogP contribution in [0.1, 0.15) is 0 Å². The average Bonchev–Trinajstić information content (AvgIpc) is 3.58. The molecule has 0 radical (unpaired) electrons. The highest BCUT2D eigenvalue weighted by Crippen LogP contribution is 2.39. The highest BCUT2D eigenvalue weighted by atomic mass is 15.1. The molecule has 0 fully saturated rings. The molecule has 0 saturated heterocycles. The van der Waals surface area contributed by atoms with Crippen molar-refractivity contribution in [3.8, 4) is 22.8 Å². The van der Waals surface area contributed by atoms with E-state index in [1.54, 1.807) is 0 Å². The van der Waals surface area contributed by atoms with Gasteiger partial charge in [-0.15, -0.1) is 0 Å². The third-order valence-corrected chi connectivity index (χ3v) is 7.48. The minimum atomic E-state index is 0.673. The molecule has 38 heavy (non-hydrogen) atoms. The Balaban J connectivity index is 1.37. The summed E-state index contributed by atoms with van der Waals surface area (Å²) in [5, 5.41) is 6.15. The van der Waals surface area contributed by atoms with Gasteiger partial charge in [-0.05, 0) is 52.7 Å². The highest BCUT2D eigenvalue weighted by Gasteiger charge is 2.17. The van der Waals surface area contributed by atoms with E-state index in [9.17, 15) is 0 Å². The number of fused-ring (bicyclic) bond motifs is 7. The van der Waals surface area contributed by atoms with Crippen LogP contribution in [0.3, 0.4) is 0 Å². The molecule has 178 valence electrons. The van der Waals surface area contributed by atoms with Crippen molar-refractivity contribution in [2.75, 3.05) is 0 Å². The summed E-state index contributed by atoms with van der Waals surface area (Å²) in [7, 11) is 0. The molecule has 4 heteroatoms. The fourth-order valence-corrected chi connectivity index (χ4v) is 5.75. The number of aromatic nitrogens is 4. The standard InChI is InChI=1S/C34H22N4/c1-3-9-23(10-4-1)24-21-35-34(36-22-24)38-31-14-8-7-13-29(31)33-28-16-17-30-27(26(28)15-18-32(33)38)19-20-37(30)25-11-5-2-6-12-25/h1-22H. The van der Waals surface area contributed by atoms with Crippen LogP contribution >= 0.6 is 0 Å². The summed E-state index contributed by atoms with van der Waals surface area (Å²) in [4.78, 5) is 9.63. The van der Waals surface area contributed by atoms with Gasteiger partial charge in [0.2, 0.25) is 5.95 Å². The first kappa shape index (κ1) is 20.9. The van der Waals surface area contributed by atoms with Gasteiger partial charge in [0.25, 0.3) is 0 Å². The van der Waals surface area contributed by atoms with Crippen LogP contribution in [0, 0.1) is 0 Å². The van der Waals surface area contributed by atoms with Crippen molar-refractivity contribution >= 4 is 43.5 Å². The van der Waals surface area contributed by atoms with Crippen LogP contribution in [0.2, 0.25) is 0 Å². The summed E-state index contributed by atoms with van der Waals surface area (Å²) in [6, 6.07) is 40.5. The van der Waals surface area contributed by atoms with Gasteiger partial charge in [-0.1, -0.05) is 78.9 Å². The summed E-state index contributed by atoms with van der Waals surface area (Å²) >= 11 is 0. The van der Waals surface area contributed by atoms with Gasteiger partial charge < -0.3 is 4.57 Å². The molecule has 0 saturated carbocycles. The van der Waals surface area contributed by atoms with Gasteiger partial charge in [-0.25, -0.2) is 9.97 Å². The first-order chi connectivity index (χ1) is 18.9. The smallest absolute Gasteiger partial charge is 0.234 e. The van der Waals surface area contributed by atoms with E-state index in [0.29, 0.717) is 5.95 Å². The van der Waals surface area contributed by atoms with E-state index in [4.69, 9.17) is 9.97 Å². The molecule has 0 aliphatic carbocycles. The Bertz CT molecular complexity index is 2100. The predicted molar refractivity (Wildman–Crippen MR) is 156 cm³/mol. The minimum Gasteiger partial charge on any atom is -0.317 e. The molecule has 0 N–H and O–H groups in total. The van der Waals surface area contributed by atoms with E-state index >= 15 is 0 Å². The first-order valence-corrected chi connectivity index (χ1v) is 12.8. The van der Waals surface area contributed by atoms with E-state index in [1.165, 1.54) is 32.4 Å². The van der Waals surface area contributed by atoms with Crippen LogP contribution in [0.25, 0.3) is 66.2 Å². The van der Waals surface area contributed by atoms with Crippen LogP contribution in [-0.2, 0) is 0 Å². The van der Waals surface area contributed by atoms with Crippen molar-refractivity contribution < 1.29 is 0 Å². The lowest BCUT2D eigenvalue weighted by molar-refractivity contribution is 0.990. The molecule has 5 aromatic carbocycles. The second-order valence-corrected chi connectivity index (χ2v) is 9.56. The molecular formula is C34H22N4. The highest BCUT2D eigenvalue weighted by molar-refractivity contribution is 6.25. The van der Waals surface area contributed by atoms with Crippen molar-refractivity contribution in [2.24, 2.45) is 0 Å². The first-order valence-electron chi connectivity index (χ1n) is 12.8. The number of rotatable bonds is 3. The van der Waals surface area contributed by atoms with E-state index in [0.717, 1.165) is 27.8 Å². The third kappa shape index (κ3) is 3.04. The Morgan fingerprint density at radius 1 is 0.447 bits per heavy atom. The monoisotopic (exact) mass is 486 g/mol. The van der Waals surface area contributed by atoms with Crippen molar-refractivity contribution in [3.05, 3.63) is 134 Å². The normalized spacial score (nSPS) is 11.7. The lowest BCUT2D eigenvalue weighted by Gasteiger charge is -2.09. The lowest BCUT2D eigenvalue weighted by atomic mass is 10.0. The lowest BCUT2D eigenvalue weighted by Crippen LogP contribution is -2.00. The van der Waals surface area contributed by atoms with E-state index in [1.807, 2.05) is 30.6 Å². The van der Waals surface area contributed by atoms with Crippen molar-refractivity contribution in [3.63, 3.8) is 0 Å². The zero-order chi connectivity index (χ0) is 25.1. The number of benzene rings is 5. The Labute approximate surface area is 219 Å². The fraction of sp³-hybridized carbons (Fsp3) is 0. The van der Waals surface area contributed by atoms with Gasteiger partial charge in [0.15, 0.2) is 0 Å². The largest absolute Gasteiger partial charge is 0.317 e. The Kier molecular flexibility index (Phi) is 4.49. The Hall–Kier alpha value is -5.22.